The van der Waals surface area contributed by atoms with E-state index < -0.39 is 0 Å². The Morgan fingerprint density at radius 1 is 1.35 bits per heavy atom. The van der Waals surface area contributed by atoms with Crippen molar-refractivity contribution in [1.82, 2.24) is 19.7 Å². The Kier molecular flexibility index (Phi) is 5.00. The van der Waals surface area contributed by atoms with Gasteiger partial charge < -0.3 is 10.2 Å². The fourth-order valence-corrected chi connectivity index (χ4v) is 3.20. The summed E-state index contributed by atoms with van der Waals surface area (Å²) >= 11 is 6.17. The molecule has 0 aliphatic carbocycles. The second kappa shape index (κ2) is 7.07. The van der Waals surface area contributed by atoms with E-state index in [0.29, 0.717) is 23.1 Å². The predicted octanol–water partition coefficient (Wildman–Crippen LogP) is 2.73. The molecule has 0 unspecified atom stereocenters. The minimum Gasteiger partial charge on any atom is -0.339 e. The topological polar surface area (TPSA) is 80.1 Å². The minimum atomic E-state index is -0.334. The second-order valence-electron chi connectivity index (χ2n) is 6.83. The summed E-state index contributed by atoms with van der Waals surface area (Å²) in [7, 11) is 0. The van der Waals surface area contributed by atoms with Crippen LogP contribution in [-0.4, -0.2) is 44.1 Å². The molecule has 2 aromatic rings. The molecule has 1 saturated heterocycles. The van der Waals surface area contributed by atoms with Gasteiger partial charge in [0.05, 0.1) is 34.2 Å². The maximum atomic E-state index is 12.4. The van der Waals surface area contributed by atoms with Crippen LogP contribution in [0.3, 0.4) is 0 Å². The van der Waals surface area contributed by atoms with Gasteiger partial charge in [0.1, 0.15) is 0 Å². The van der Waals surface area contributed by atoms with Crippen molar-refractivity contribution in [1.29, 1.82) is 0 Å². The third kappa shape index (κ3) is 3.44. The molecule has 26 heavy (non-hydrogen) atoms. The Bertz CT molecular complexity index is 844. The molecule has 0 bridgehead atoms. The number of nitrogens with zero attached hydrogens (tertiary/aromatic N) is 4. The predicted molar refractivity (Wildman–Crippen MR) is 99.4 cm³/mol. The Labute approximate surface area is 157 Å². The summed E-state index contributed by atoms with van der Waals surface area (Å²) in [5.74, 6) is 0.150. The number of halogens is 1. The number of anilines is 1. The average Bonchev–Trinajstić information content (AvgIpc) is 3.11. The molecule has 0 saturated carbocycles. The Balaban J connectivity index is 1.69. The van der Waals surface area contributed by atoms with E-state index in [1.54, 1.807) is 27.9 Å². The van der Waals surface area contributed by atoms with E-state index in [0.717, 1.165) is 11.4 Å². The van der Waals surface area contributed by atoms with E-state index in [-0.39, 0.29) is 30.2 Å². The van der Waals surface area contributed by atoms with E-state index in [4.69, 9.17) is 11.6 Å². The zero-order valence-electron chi connectivity index (χ0n) is 15.3. The molecule has 0 radical (unpaired) electrons. The van der Waals surface area contributed by atoms with E-state index in [1.807, 2.05) is 27.7 Å². The zero-order valence-corrected chi connectivity index (χ0v) is 16.0. The molecule has 138 valence electrons. The van der Waals surface area contributed by atoms with Crippen LogP contribution in [-0.2, 0) is 9.59 Å². The number of aryl methyl sites for hydroxylation is 1. The molecule has 7 nitrogen and oxygen atoms in total. The molecule has 3 heterocycles. The molecular weight excluding hydrogens is 354 g/mol. The summed E-state index contributed by atoms with van der Waals surface area (Å²) in [6.45, 7) is 8.07. The van der Waals surface area contributed by atoms with Crippen LogP contribution in [0.4, 0.5) is 5.69 Å². The molecule has 3 rings (SSSR count). The van der Waals surface area contributed by atoms with Crippen molar-refractivity contribution >= 4 is 29.1 Å². The lowest BCUT2D eigenvalue weighted by Gasteiger charge is -2.20. The largest absolute Gasteiger partial charge is 0.339 e. The van der Waals surface area contributed by atoms with Gasteiger partial charge in [-0.15, -0.1) is 0 Å². The Morgan fingerprint density at radius 3 is 2.58 bits per heavy atom. The van der Waals surface area contributed by atoms with Gasteiger partial charge in [0.25, 0.3) is 0 Å². The third-order valence-corrected chi connectivity index (χ3v) is 5.13. The first-order valence-electron chi connectivity index (χ1n) is 8.56. The van der Waals surface area contributed by atoms with Crippen LogP contribution in [0, 0.1) is 19.8 Å². The van der Waals surface area contributed by atoms with Crippen molar-refractivity contribution in [3.8, 4) is 5.82 Å². The van der Waals surface area contributed by atoms with Gasteiger partial charge in [-0.25, -0.2) is 9.67 Å². The quantitative estimate of drug-likeness (QED) is 0.891. The van der Waals surface area contributed by atoms with Gasteiger partial charge in [-0.05, 0) is 39.8 Å². The lowest BCUT2D eigenvalue weighted by atomic mass is 10.1. The number of hydrogen-bond acceptors (Lipinski definition) is 4. The van der Waals surface area contributed by atoms with Gasteiger partial charge in [-0.1, -0.05) is 11.6 Å². The van der Waals surface area contributed by atoms with Crippen LogP contribution in [0.5, 0.6) is 0 Å². The molecule has 1 aliphatic heterocycles. The molecular formula is C18H22ClN5O2. The number of amides is 2. The van der Waals surface area contributed by atoms with Gasteiger partial charge in [0.2, 0.25) is 11.8 Å². The van der Waals surface area contributed by atoms with E-state index >= 15 is 0 Å². The third-order valence-electron chi connectivity index (χ3n) is 4.59. The molecule has 1 N–H and O–H groups in total. The Hall–Kier alpha value is -2.41. The van der Waals surface area contributed by atoms with E-state index in [9.17, 15) is 9.59 Å². The van der Waals surface area contributed by atoms with Crippen LogP contribution >= 0.6 is 11.6 Å². The lowest BCUT2D eigenvalue weighted by molar-refractivity contribution is -0.129. The fourth-order valence-electron chi connectivity index (χ4n) is 3.08. The van der Waals surface area contributed by atoms with Crippen LogP contribution in [0.1, 0.15) is 31.7 Å². The molecule has 1 atom stereocenters. The first kappa shape index (κ1) is 18.4. The van der Waals surface area contributed by atoms with Crippen LogP contribution in [0.15, 0.2) is 18.3 Å². The molecule has 1 aliphatic rings. The molecule has 0 aromatic carbocycles. The van der Waals surface area contributed by atoms with Crippen molar-refractivity contribution in [3.63, 3.8) is 0 Å². The normalized spacial score (nSPS) is 17.2. The smallest absolute Gasteiger partial charge is 0.229 e. The zero-order chi connectivity index (χ0) is 19.0. The number of nitrogens with one attached hydrogen (secondary N) is 1. The lowest BCUT2D eigenvalue weighted by Crippen LogP contribution is -2.33. The monoisotopic (exact) mass is 375 g/mol. The standard InChI is InChI=1S/C18H22ClN5O2/c1-10(2)23-9-13(7-16(23)25)18(26)21-14-5-6-15(20-8-14)24-12(4)17(19)11(3)22-24/h5-6,8,10,13H,7,9H2,1-4H3,(H,21,26)/t13-/m1/s1. The van der Waals surface area contributed by atoms with E-state index in [1.165, 1.54) is 0 Å². The number of rotatable bonds is 4. The summed E-state index contributed by atoms with van der Waals surface area (Å²) in [6.07, 6.45) is 1.83. The maximum Gasteiger partial charge on any atom is 0.229 e. The SMILES string of the molecule is Cc1nn(-c2ccc(NC(=O)[C@@H]3CC(=O)N(C(C)C)C3)cn2)c(C)c1Cl. The van der Waals surface area contributed by atoms with Gasteiger partial charge in [0, 0.05) is 19.0 Å². The number of likely N-dealkylation sites (tertiary alicyclic amines) is 1. The fraction of sp³-hybridized carbons (Fsp3) is 0.444. The second-order valence-corrected chi connectivity index (χ2v) is 7.21. The molecule has 2 aromatic heterocycles. The van der Waals surface area contributed by atoms with Gasteiger partial charge in [-0.3, -0.25) is 9.59 Å². The van der Waals surface area contributed by atoms with Crippen LogP contribution in [0.2, 0.25) is 5.02 Å². The number of carbonyl (C=O) groups is 2. The maximum absolute atomic E-state index is 12.4. The van der Waals surface area contributed by atoms with E-state index in [2.05, 4.69) is 15.4 Å². The molecule has 0 spiro atoms. The van der Waals surface area contributed by atoms with Crippen molar-refractivity contribution in [2.45, 2.75) is 40.2 Å². The van der Waals surface area contributed by atoms with Crippen LogP contribution in [0.25, 0.3) is 5.82 Å². The van der Waals surface area contributed by atoms with Crippen molar-refractivity contribution in [2.24, 2.45) is 5.92 Å². The first-order valence-corrected chi connectivity index (χ1v) is 8.94. The van der Waals surface area contributed by atoms with Crippen molar-refractivity contribution < 1.29 is 9.59 Å². The minimum absolute atomic E-state index is 0.0232. The van der Waals surface area contributed by atoms with Crippen molar-refractivity contribution in [3.05, 3.63) is 34.7 Å². The summed E-state index contributed by atoms with van der Waals surface area (Å²) in [5, 5.41) is 7.81. The first-order chi connectivity index (χ1) is 12.3. The highest BCUT2D eigenvalue weighted by Crippen LogP contribution is 2.23. The summed E-state index contributed by atoms with van der Waals surface area (Å²) in [5.41, 5.74) is 2.14. The average molecular weight is 376 g/mol. The summed E-state index contributed by atoms with van der Waals surface area (Å²) in [4.78, 5) is 30.5. The summed E-state index contributed by atoms with van der Waals surface area (Å²) in [6, 6.07) is 3.64. The van der Waals surface area contributed by atoms with Gasteiger partial charge in [0.15, 0.2) is 5.82 Å². The number of pyridine rings is 1. The Morgan fingerprint density at radius 2 is 2.08 bits per heavy atom. The highest BCUT2D eigenvalue weighted by molar-refractivity contribution is 6.31. The van der Waals surface area contributed by atoms with Crippen molar-refractivity contribution in [2.75, 3.05) is 11.9 Å². The highest BCUT2D eigenvalue weighted by atomic mass is 35.5. The van der Waals surface area contributed by atoms with Crippen LogP contribution < -0.4 is 5.32 Å². The molecule has 8 heteroatoms. The number of aromatic nitrogens is 3. The number of hydrogen-bond donors (Lipinski definition) is 1. The molecule has 1 fully saturated rings. The van der Waals surface area contributed by atoms with Gasteiger partial charge >= 0.3 is 0 Å². The molecule has 2 amide bonds. The highest BCUT2D eigenvalue weighted by Gasteiger charge is 2.35. The number of carbonyl (C=O) groups excluding carboxylic acids is 2. The van der Waals surface area contributed by atoms with Gasteiger partial charge in [-0.2, -0.15) is 5.10 Å². The summed E-state index contributed by atoms with van der Waals surface area (Å²) < 4.78 is 1.67.